The number of nitrogens with one attached hydrogen (secondary N) is 1. The lowest BCUT2D eigenvalue weighted by Gasteiger charge is -2.31. The summed E-state index contributed by atoms with van der Waals surface area (Å²) in [5, 5.41) is 2.73. The zero-order chi connectivity index (χ0) is 22.6. The van der Waals surface area contributed by atoms with Crippen LogP contribution in [0.2, 0.25) is 0 Å². The van der Waals surface area contributed by atoms with E-state index in [0.29, 0.717) is 38.5 Å². The van der Waals surface area contributed by atoms with Crippen LogP contribution in [0.25, 0.3) is 0 Å². The molecule has 0 aromatic heterocycles. The molecule has 1 atom stereocenters. The molecule has 1 N–H and O–H groups in total. The fourth-order valence-electron chi connectivity index (χ4n) is 3.45. The summed E-state index contributed by atoms with van der Waals surface area (Å²) in [6.07, 6.45) is -4.49. The Kier molecular flexibility index (Phi) is 7.23. The topological polar surface area (TPSA) is 44.8 Å². The Bertz CT molecular complexity index is 894. The molecule has 1 amide bonds. The SMILES string of the molecule is Cc1ccc(CN(C)C(C)C(=O)Nc2cc(C(F)(F)F)ccc2N2CCOCC2)cc1. The molecule has 1 unspecified atom stereocenters. The first-order chi connectivity index (χ1) is 14.6. The Balaban J connectivity index is 1.78. The smallest absolute Gasteiger partial charge is 0.378 e. The highest BCUT2D eigenvalue weighted by Gasteiger charge is 2.32. The lowest BCUT2D eigenvalue weighted by Crippen LogP contribution is -2.40. The Morgan fingerprint density at radius 2 is 1.81 bits per heavy atom. The first-order valence-electron chi connectivity index (χ1n) is 10.3. The van der Waals surface area contributed by atoms with Crippen molar-refractivity contribution in [1.29, 1.82) is 0 Å². The second kappa shape index (κ2) is 9.70. The second-order valence-corrected chi connectivity index (χ2v) is 7.90. The van der Waals surface area contributed by atoms with Crippen molar-refractivity contribution >= 4 is 17.3 Å². The van der Waals surface area contributed by atoms with Gasteiger partial charge < -0.3 is 15.0 Å². The van der Waals surface area contributed by atoms with E-state index >= 15 is 0 Å². The van der Waals surface area contributed by atoms with Gasteiger partial charge in [-0.2, -0.15) is 13.2 Å². The second-order valence-electron chi connectivity index (χ2n) is 7.90. The number of carbonyl (C=O) groups is 1. The fraction of sp³-hybridized carbons (Fsp3) is 0.435. The van der Waals surface area contributed by atoms with Crippen LogP contribution in [0.3, 0.4) is 0 Å². The molecule has 168 valence electrons. The molecule has 1 aliphatic rings. The molecule has 2 aromatic rings. The van der Waals surface area contributed by atoms with Crippen LogP contribution in [0.4, 0.5) is 24.5 Å². The Morgan fingerprint density at radius 3 is 2.42 bits per heavy atom. The molecule has 0 aliphatic carbocycles. The van der Waals surface area contributed by atoms with E-state index in [9.17, 15) is 18.0 Å². The minimum atomic E-state index is -4.49. The molecule has 8 heteroatoms. The number of hydrogen-bond acceptors (Lipinski definition) is 4. The number of morpholine rings is 1. The summed E-state index contributed by atoms with van der Waals surface area (Å²) in [6.45, 7) is 6.38. The summed E-state index contributed by atoms with van der Waals surface area (Å²) in [7, 11) is 1.82. The number of alkyl halides is 3. The first-order valence-corrected chi connectivity index (χ1v) is 10.3. The standard InChI is InChI=1S/C23H28F3N3O2/c1-16-4-6-18(7-5-16)15-28(3)17(2)22(30)27-20-14-19(23(24,25)26)8-9-21(20)29-10-12-31-13-11-29/h4-9,14,17H,10-13,15H2,1-3H3,(H,27,30). The van der Waals surface area contributed by atoms with Gasteiger partial charge in [-0.05, 0) is 44.7 Å². The number of hydrogen-bond donors (Lipinski definition) is 1. The number of likely N-dealkylation sites (N-methyl/N-ethyl adjacent to an activating group) is 1. The number of carbonyl (C=O) groups excluding carboxylic acids is 1. The predicted octanol–water partition coefficient (Wildman–Crippen LogP) is 4.31. The molecule has 1 saturated heterocycles. The summed E-state index contributed by atoms with van der Waals surface area (Å²) in [5.41, 5.74) is 2.15. The van der Waals surface area contributed by atoms with Crippen LogP contribution in [0.1, 0.15) is 23.6 Å². The van der Waals surface area contributed by atoms with Gasteiger partial charge in [0.1, 0.15) is 0 Å². The van der Waals surface area contributed by atoms with Gasteiger partial charge in [-0.15, -0.1) is 0 Å². The van der Waals surface area contributed by atoms with Crippen LogP contribution in [-0.4, -0.2) is 50.2 Å². The largest absolute Gasteiger partial charge is 0.416 e. The molecule has 2 aromatic carbocycles. The minimum Gasteiger partial charge on any atom is -0.378 e. The van der Waals surface area contributed by atoms with E-state index in [4.69, 9.17) is 4.74 Å². The Morgan fingerprint density at radius 1 is 1.16 bits per heavy atom. The normalized spacial score (nSPS) is 15.8. The van der Waals surface area contributed by atoms with Crippen LogP contribution in [0, 0.1) is 6.92 Å². The van der Waals surface area contributed by atoms with E-state index in [1.165, 1.54) is 6.07 Å². The maximum atomic E-state index is 13.3. The summed E-state index contributed by atoms with van der Waals surface area (Å²) in [4.78, 5) is 16.7. The van der Waals surface area contributed by atoms with Crippen molar-refractivity contribution in [2.45, 2.75) is 32.6 Å². The van der Waals surface area contributed by atoms with E-state index in [1.807, 2.05) is 48.0 Å². The van der Waals surface area contributed by atoms with Gasteiger partial charge in [0.15, 0.2) is 0 Å². The van der Waals surface area contributed by atoms with Gasteiger partial charge in [-0.1, -0.05) is 29.8 Å². The third kappa shape index (κ3) is 5.98. The van der Waals surface area contributed by atoms with Gasteiger partial charge in [0, 0.05) is 19.6 Å². The molecule has 3 rings (SSSR count). The number of anilines is 2. The van der Waals surface area contributed by atoms with Gasteiger partial charge in [-0.3, -0.25) is 9.69 Å². The molecule has 0 spiro atoms. The van der Waals surface area contributed by atoms with Gasteiger partial charge >= 0.3 is 6.18 Å². The molecule has 0 radical (unpaired) electrons. The van der Waals surface area contributed by atoms with Crippen molar-refractivity contribution in [2.75, 3.05) is 43.6 Å². The monoisotopic (exact) mass is 435 g/mol. The highest BCUT2D eigenvalue weighted by Crippen LogP contribution is 2.36. The fourth-order valence-corrected chi connectivity index (χ4v) is 3.45. The van der Waals surface area contributed by atoms with Crippen LogP contribution >= 0.6 is 0 Å². The molecule has 31 heavy (non-hydrogen) atoms. The quantitative estimate of drug-likeness (QED) is 0.735. The maximum Gasteiger partial charge on any atom is 0.416 e. The molecule has 0 saturated carbocycles. The number of halogens is 3. The van der Waals surface area contributed by atoms with E-state index < -0.39 is 17.8 Å². The number of aryl methyl sites for hydroxylation is 1. The molecule has 0 bridgehead atoms. The zero-order valence-electron chi connectivity index (χ0n) is 18.0. The van der Waals surface area contributed by atoms with E-state index in [0.717, 1.165) is 23.3 Å². The van der Waals surface area contributed by atoms with Crippen molar-refractivity contribution in [1.82, 2.24) is 4.90 Å². The average Bonchev–Trinajstić information content (AvgIpc) is 2.74. The lowest BCUT2D eigenvalue weighted by molar-refractivity contribution is -0.137. The minimum absolute atomic E-state index is 0.164. The molecular weight excluding hydrogens is 407 g/mol. The van der Waals surface area contributed by atoms with Crippen LogP contribution < -0.4 is 10.2 Å². The number of nitrogens with zero attached hydrogens (tertiary/aromatic N) is 2. The summed E-state index contributed by atoms with van der Waals surface area (Å²) in [5.74, 6) is -0.358. The van der Waals surface area contributed by atoms with Crippen LogP contribution in [-0.2, 0) is 22.3 Å². The molecule has 5 nitrogen and oxygen atoms in total. The van der Waals surface area contributed by atoms with E-state index in [-0.39, 0.29) is 11.6 Å². The van der Waals surface area contributed by atoms with Gasteiger partial charge in [0.2, 0.25) is 5.91 Å². The highest BCUT2D eigenvalue weighted by atomic mass is 19.4. The summed E-state index contributed by atoms with van der Waals surface area (Å²) in [6, 6.07) is 11.0. The maximum absolute atomic E-state index is 13.3. The number of ether oxygens (including phenoxy) is 1. The zero-order valence-corrected chi connectivity index (χ0v) is 18.0. The third-order valence-corrected chi connectivity index (χ3v) is 5.53. The summed E-state index contributed by atoms with van der Waals surface area (Å²) < 4.78 is 45.2. The lowest BCUT2D eigenvalue weighted by atomic mass is 10.1. The molecule has 1 heterocycles. The molecule has 1 fully saturated rings. The van der Waals surface area contributed by atoms with Crippen molar-refractivity contribution in [3.63, 3.8) is 0 Å². The predicted molar refractivity (Wildman–Crippen MR) is 115 cm³/mol. The van der Waals surface area contributed by atoms with Gasteiger partial charge in [0.05, 0.1) is 36.2 Å². The van der Waals surface area contributed by atoms with Crippen LogP contribution in [0.5, 0.6) is 0 Å². The van der Waals surface area contributed by atoms with Gasteiger partial charge in [0.25, 0.3) is 0 Å². The van der Waals surface area contributed by atoms with Crippen molar-refractivity contribution in [2.24, 2.45) is 0 Å². The number of benzene rings is 2. The van der Waals surface area contributed by atoms with E-state index in [1.54, 1.807) is 6.92 Å². The number of rotatable bonds is 6. The Labute approximate surface area is 180 Å². The van der Waals surface area contributed by atoms with Crippen molar-refractivity contribution in [3.05, 3.63) is 59.2 Å². The van der Waals surface area contributed by atoms with Crippen molar-refractivity contribution in [3.8, 4) is 0 Å². The molecule has 1 aliphatic heterocycles. The van der Waals surface area contributed by atoms with Crippen molar-refractivity contribution < 1.29 is 22.7 Å². The summed E-state index contributed by atoms with van der Waals surface area (Å²) >= 11 is 0. The van der Waals surface area contributed by atoms with Crippen LogP contribution in [0.15, 0.2) is 42.5 Å². The van der Waals surface area contributed by atoms with Gasteiger partial charge in [-0.25, -0.2) is 0 Å². The first kappa shape index (κ1) is 23.1. The Hall–Kier alpha value is -2.58. The molecular formula is C23H28F3N3O2. The third-order valence-electron chi connectivity index (χ3n) is 5.53. The van der Waals surface area contributed by atoms with E-state index in [2.05, 4.69) is 5.32 Å². The highest BCUT2D eigenvalue weighted by molar-refractivity contribution is 5.97. The average molecular weight is 435 g/mol. The number of amides is 1.